The van der Waals surface area contributed by atoms with E-state index in [-0.39, 0.29) is 29.5 Å². The third-order valence-corrected chi connectivity index (χ3v) is 4.27. The summed E-state index contributed by atoms with van der Waals surface area (Å²) in [6.45, 7) is 2.12. The molecule has 1 saturated heterocycles. The van der Waals surface area contributed by atoms with Crippen molar-refractivity contribution in [2.45, 2.75) is 26.2 Å². The molecule has 0 aromatic heterocycles. The Morgan fingerprint density at radius 1 is 1.05 bits per heavy atom. The highest BCUT2D eigenvalue weighted by Crippen LogP contribution is 2.42. The Morgan fingerprint density at radius 2 is 1.68 bits per heavy atom. The lowest BCUT2D eigenvalue weighted by molar-refractivity contribution is -0.122. The Labute approximate surface area is 111 Å². The molecule has 100 valence electrons. The zero-order valence-electron chi connectivity index (χ0n) is 10.8. The van der Waals surface area contributed by atoms with E-state index in [1.807, 2.05) is 0 Å². The van der Waals surface area contributed by atoms with Crippen LogP contribution in [0.5, 0.6) is 0 Å². The average Bonchev–Trinajstić information content (AvgIpc) is 2.63. The van der Waals surface area contributed by atoms with Crippen molar-refractivity contribution in [1.82, 2.24) is 0 Å². The summed E-state index contributed by atoms with van der Waals surface area (Å²) in [5, 5.41) is 0. The van der Waals surface area contributed by atoms with Crippen LogP contribution in [0.25, 0.3) is 0 Å². The highest BCUT2D eigenvalue weighted by atomic mass is 19.1. The predicted octanol–water partition coefficient (Wildman–Crippen LogP) is 2.75. The fourth-order valence-electron chi connectivity index (χ4n) is 3.23. The maximum atomic E-state index is 12.9. The van der Waals surface area contributed by atoms with Crippen LogP contribution in [-0.4, -0.2) is 11.8 Å². The Kier molecular flexibility index (Phi) is 2.88. The SMILES string of the molecule is C[C@@H]1CC[C@H]2C(=O)N(c3ccc(F)cc3)C(=O)[C@H]2C1. The third kappa shape index (κ3) is 1.95. The molecule has 1 heterocycles. The first-order valence-corrected chi connectivity index (χ1v) is 6.71. The lowest BCUT2D eigenvalue weighted by Gasteiger charge is -2.25. The molecule has 1 aromatic rings. The standard InChI is InChI=1S/C15H16FNO2/c1-9-2-7-12-13(8-9)15(19)17(14(12)18)11-5-3-10(16)4-6-11/h3-6,9,12-13H,2,7-8H2,1H3/t9-,12-,13+/m1/s1. The Hall–Kier alpha value is -1.71. The van der Waals surface area contributed by atoms with Gasteiger partial charge in [-0.1, -0.05) is 6.92 Å². The molecule has 1 aliphatic carbocycles. The van der Waals surface area contributed by atoms with Crippen LogP contribution in [-0.2, 0) is 9.59 Å². The molecule has 4 heteroatoms. The van der Waals surface area contributed by atoms with E-state index in [2.05, 4.69) is 6.92 Å². The van der Waals surface area contributed by atoms with Crippen LogP contribution in [0.4, 0.5) is 10.1 Å². The monoisotopic (exact) mass is 261 g/mol. The fraction of sp³-hybridized carbons (Fsp3) is 0.467. The number of nitrogens with zero attached hydrogens (tertiary/aromatic N) is 1. The van der Waals surface area contributed by atoms with Crippen molar-refractivity contribution in [2.75, 3.05) is 4.90 Å². The van der Waals surface area contributed by atoms with E-state index in [1.165, 1.54) is 29.2 Å². The molecule has 19 heavy (non-hydrogen) atoms. The lowest BCUT2D eigenvalue weighted by atomic mass is 9.76. The van der Waals surface area contributed by atoms with Crippen molar-refractivity contribution >= 4 is 17.5 Å². The first-order valence-electron chi connectivity index (χ1n) is 6.71. The highest BCUT2D eigenvalue weighted by Gasteiger charge is 2.49. The van der Waals surface area contributed by atoms with Gasteiger partial charge in [-0.2, -0.15) is 0 Å². The average molecular weight is 261 g/mol. The quantitative estimate of drug-likeness (QED) is 0.729. The molecule has 1 aromatic carbocycles. The van der Waals surface area contributed by atoms with Gasteiger partial charge in [0, 0.05) is 0 Å². The number of carbonyl (C=O) groups excluding carboxylic acids is 2. The van der Waals surface area contributed by atoms with Crippen LogP contribution >= 0.6 is 0 Å². The van der Waals surface area contributed by atoms with E-state index in [4.69, 9.17) is 0 Å². The zero-order chi connectivity index (χ0) is 13.6. The van der Waals surface area contributed by atoms with Gasteiger partial charge in [0.15, 0.2) is 0 Å². The number of rotatable bonds is 1. The van der Waals surface area contributed by atoms with Crippen LogP contribution in [0.2, 0.25) is 0 Å². The molecule has 0 bridgehead atoms. The summed E-state index contributed by atoms with van der Waals surface area (Å²) in [5.74, 6) is -0.461. The van der Waals surface area contributed by atoms with E-state index in [1.54, 1.807) is 0 Å². The molecular formula is C15H16FNO2. The molecule has 0 N–H and O–H groups in total. The largest absolute Gasteiger partial charge is 0.274 e. The molecule has 1 aliphatic heterocycles. The van der Waals surface area contributed by atoms with E-state index in [9.17, 15) is 14.0 Å². The van der Waals surface area contributed by atoms with Gasteiger partial charge < -0.3 is 0 Å². The molecule has 2 fully saturated rings. The second kappa shape index (κ2) is 4.44. The number of amides is 2. The van der Waals surface area contributed by atoms with E-state index >= 15 is 0 Å². The molecule has 3 rings (SSSR count). The van der Waals surface area contributed by atoms with Gasteiger partial charge in [-0.15, -0.1) is 0 Å². The van der Waals surface area contributed by atoms with Gasteiger partial charge in [0.05, 0.1) is 17.5 Å². The third-order valence-electron chi connectivity index (χ3n) is 4.27. The van der Waals surface area contributed by atoms with E-state index in [0.29, 0.717) is 11.6 Å². The molecule has 0 unspecified atom stereocenters. The van der Waals surface area contributed by atoms with Crippen molar-refractivity contribution in [3.8, 4) is 0 Å². The summed E-state index contributed by atoms with van der Waals surface area (Å²) >= 11 is 0. The smallest absolute Gasteiger partial charge is 0.237 e. The van der Waals surface area contributed by atoms with Gasteiger partial charge in [0.1, 0.15) is 5.82 Å². The number of anilines is 1. The second-order valence-corrected chi connectivity index (χ2v) is 5.62. The Bertz CT molecular complexity index is 525. The minimum Gasteiger partial charge on any atom is -0.274 e. The number of hydrogen-bond acceptors (Lipinski definition) is 2. The molecule has 2 amide bonds. The van der Waals surface area contributed by atoms with E-state index in [0.717, 1.165) is 19.3 Å². The molecule has 0 radical (unpaired) electrons. The van der Waals surface area contributed by atoms with Crippen molar-refractivity contribution in [3.63, 3.8) is 0 Å². The summed E-state index contributed by atoms with van der Waals surface area (Å²) in [5.41, 5.74) is 0.485. The van der Waals surface area contributed by atoms with Gasteiger partial charge in [0.2, 0.25) is 11.8 Å². The van der Waals surface area contributed by atoms with Crippen molar-refractivity contribution in [2.24, 2.45) is 17.8 Å². The molecular weight excluding hydrogens is 245 g/mol. The van der Waals surface area contributed by atoms with Gasteiger partial charge in [-0.05, 0) is 49.4 Å². The number of fused-ring (bicyclic) bond motifs is 1. The van der Waals surface area contributed by atoms with Gasteiger partial charge in [0.25, 0.3) is 0 Å². The van der Waals surface area contributed by atoms with Crippen LogP contribution in [0, 0.1) is 23.6 Å². The summed E-state index contributed by atoms with van der Waals surface area (Å²) < 4.78 is 12.9. The number of benzene rings is 1. The minimum absolute atomic E-state index is 0.117. The van der Waals surface area contributed by atoms with E-state index < -0.39 is 0 Å². The molecule has 0 spiro atoms. The van der Waals surface area contributed by atoms with Crippen LogP contribution in [0.15, 0.2) is 24.3 Å². The topological polar surface area (TPSA) is 37.4 Å². The van der Waals surface area contributed by atoms with Crippen molar-refractivity contribution in [1.29, 1.82) is 0 Å². The maximum absolute atomic E-state index is 12.9. The summed E-state index contributed by atoms with van der Waals surface area (Å²) in [6, 6.07) is 5.54. The van der Waals surface area contributed by atoms with Gasteiger partial charge >= 0.3 is 0 Å². The summed E-state index contributed by atoms with van der Waals surface area (Å²) in [6.07, 6.45) is 2.57. The molecule has 2 aliphatic rings. The Balaban J connectivity index is 1.93. The number of halogens is 1. The number of carbonyl (C=O) groups is 2. The Morgan fingerprint density at radius 3 is 2.37 bits per heavy atom. The van der Waals surface area contributed by atoms with Gasteiger partial charge in [-0.25, -0.2) is 4.39 Å². The van der Waals surface area contributed by atoms with Crippen molar-refractivity contribution < 1.29 is 14.0 Å². The summed E-state index contributed by atoms with van der Waals surface area (Å²) in [4.78, 5) is 26.0. The predicted molar refractivity (Wildman–Crippen MR) is 68.9 cm³/mol. The maximum Gasteiger partial charge on any atom is 0.237 e. The first kappa shape index (κ1) is 12.3. The van der Waals surface area contributed by atoms with Crippen LogP contribution < -0.4 is 4.90 Å². The van der Waals surface area contributed by atoms with Crippen molar-refractivity contribution in [3.05, 3.63) is 30.1 Å². The van der Waals surface area contributed by atoms with Crippen LogP contribution in [0.1, 0.15) is 26.2 Å². The fourth-order valence-corrected chi connectivity index (χ4v) is 3.23. The first-order chi connectivity index (χ1) is 9.08. The number of hydrogen-bond donors (Lipinski definition) is 0. The van der Waals surface area contributed by atoms with Gasteiger partial charge in [-0.3, -0.25) is 14.5 Å². The highest BCUT2D eigenvalue weighted by molar-refractivity contribution is 6.22. The molecule has 3 nitrogen and oxygen atoms in total. The minimum atomic E-state index is -0.367. The normalized spacial score (nSPS) is 30.6. The lowest BCUT2D eigenvalue weighted by Crippen LogP contribution is -2.30. The molecule has 1 saturated carbocycles. The number of imide groups is 1. The molecule has 3 atom stereocenters. The summed E-state index contributed by atoms with van der Waals surface area (Å²) in [7, 11) is 0. The second-order valence-electron chi connectivity index (χ2n) is 5.62. The zero-order valence-corrected chi connectivity index (χ0v) is 10.8. The van der Waals surface area contributed by atoms with Crippen LogP contribution in [0.3, 0.4) is 0 Å².